The molecule has 0 aliphatic carbocycles. The first kappa shape index (κ1) is 14.0. The number of anilines is 1. The second-order valence-electron chi connectivity index (χ2n) is 4.23. The van der Waals surface area contributed by atoms with Crippen LogP contribution < -0.4 is 11.1 Å². The third kappa shape index (κ3) is 3.11. The average molecular weight is 324 g/mol. The van der Waals surface area contributed by atoms with E-state index in [1.54, 1.807) is 19.3 Å². The molecule has 1 aromatic heterocycles. The molecule has 3 N–H and O–H groups in total. The molecule has 0 aliphatic heterocycles. The number of nitrogen functional groups attached to an aromatic ring is 1. The lowest BCUT2D eigenvalue weighted by Gasteiger charge is -2.19. The van der Waals surface area contributed by atoms with Crippen molar-refractivity contribution in [2.45, 2.75) is 12.5 Å². The number of rotatable bonds is 4. The molecule has 0 saturated heterocycles. The summed E-state index contributed by atoms with van der Waals surface area (Å²) in [6.07, 6.45) is 2.22. The lowest BCUT2D eigenvalue weighted by Crippen LogP contribution is -2.21. The zero-order valence-corrected chi connectivity index (χ0v) is 12.1. The maximum atomic E-state index is 14.0. The van der Waals surface area contributed by atoms with Crippen molar-refractivity contribution in [2.75, 3.05) is 12.8 Å². The fourth-order valence-corrected chi connectivity index (χ4v) is 2.65. The molecule has 19 heavy (non-hydrogen) atoms. The predicted molar refractivity (Wildman–Crippen MR) is 78.3 cm³/mol. The molecule has 0 aliphatic rings. The summed E-state index contributed by atoms with van der Waals surface area (Å²) in [5.74, 6) is 0.242. The van der Waals surface area contributed by atoms with Crippen LogP contribution in [0.1, 0.15) is 17.2 Å². The summed E-state index contributed by atoms with van der Waals surface area (Å²) in [5, 5.41) is 3.12. The van der Waals surface area contributed by atoms with Gasteiger partial charge in [-0.2, -0.15) is 0 Å². The minimum atomic E-state index is -0.240. The van der Waals surface area contributed by atoms with E-state index in [2.05, 4.69) is 26.2 Å². The molecule has 0 saturated carbocycles. The van der Waals surface area contributed by atoms with E-state index in [4.69, 9.17) is 5.73 Å². The smallest absolute Gasteiger partial charge is 0.129 e. The number of nitrogens with two attached hydrogens (primary N) is 1. The number of hydrogen-bond acceptors (Lipinski definition) is 3. The van der Waals surface area contributed by atoms with Gasteiger partial charge in [0.2, 0.25) is 0 Å². The normalized spacial score (nSPS) is 12.4. The Balaban J connectivity index is 2.34. The van der Waals surface area contributed by atoms with Gasteiger partial charge in [-0.1, -0.05) is 28.1 Å². The number of pyridine rings is 1. The van der Waals surface area contributed by atoms with E-state index in [1.165, 1.54) is 6.07 Å². The van der Waals surface area contributed by atoms with Gasteiger partial charge in [0.1, 0.15) is 11.6 Å². The molecule has 2 rings (SSSR count). The number of benzene rings is 1. The van der Waals surface area contributed by atoms with Crippen LogP contribution in [0.4, 0.5) is 10.2 Å². The third-order valence-electron chi connectivity index (χ3n) is 3.05. The first-order valence-electron chi connectivity index (χ1n) is 5.94. The molecule has 1 heterocycles. The van der Waals surface area contributed by atoms with Crippen molar-refractivity contribution in [1.82, 2.24) is 10.3 Å². The molecule has 100 valence electrons. The van der Waals surface area contributed by atoms with Gasteiger partial charge in [-0.15, -0.1) is 0 Å². The van der Waals surface area contributed by atoms with E-state index < -0.39 is 0 Å². The van der Waals surface area contributed by atoms with Crippen LogP contribution >= 0.6 is 15.9 Å². The number of hydrogen-bond donors (Lipinski definition) is 2. The van der Waals surface area contributed by atoms with Gasteiger partial charge < -0.3 is 11.1 Å². The Morgan fingerprint density at radius 1 is 1.37 bits per heavy atom. The highest BCUT2D eigenvalue weighted by Crippen LogP contribution is 2.29. The number of nitrogens with zero attached hydrogens (tertiary/aromatic N) is 1. The fourth-order valence-electron chi connectivity index (χ4n) is 2.04. The summed E-state index contributed by atoms with van der Waals surface area (Å²) < 4.78 is 14.7. The summed E-state index contributed by atoms with van der Waals surface area (Å²) in [6, 6.07) is 8.53. The molecule has 0 radical (unpaired) electrons. The maximum absolute atomic E-state index is 14.0. The van der Waals surface area contributed by atoms with Gasteiger partial charge >= 0.3 is 0 Å². The molecule has 0 fully saturated rings. The van der Waals surface area contributed by atoms with Crippen molar-refractivity contribution < 1.29 is 4.39 Å². The van der Waals surface area contributed by atoms with Gasteiger partial charge in [-0.25, -0.2) is 9.37 Å². The minimum Gasteiger partial charge on any atom is -0.383 e. The zero-order chi connectivity index (χ0) is 13.8. The molecular formula is C14H15BrFN3. The van der Waals surface area contributed by atoms with Crippen molar-refractivity contribution in [3.8, 4) is 0 Å². The number of aromatic nitrogens is 1. The SMILES string of the molecule is CNC(Cc1cccnc1N)c1c(F)cccc1Br. The molecule has 1 atom stereocenters. The van der Waals surface area contributed by atoms with Gasteiger partial charge in [0, 0.05) is 22.3 Å². The first-order chi connectivity index (χ1) is 9.13. The summed E-state index contributed by atoms with van der Waals surface area (Å²) >= 11 is 3.39. The molecule has 3 nitrogen and oxygen atoms in total. The molecule has 5 heteroatoms. The second-order valence-corrected chi connectivity index (χ2v) is 5.08. The van der Waals surface area contributed by atoms with Gasteiger partial charge in [0.25, 0.3) is 0 Å². The molecular weight excluding hydrogens is 309 g/mol. The lowest BCUT2D eigenvalue weighted by molar-refractivity contribution is 0.531. The Morgan fingerprint density at radius 2 is 2.16 bits per heavy atom. The average Bonchev–Trinajstić information content (AvgIpc) is 2.39. The van der Waals surface area contributed by atoms with Crippen molar-refractivity contribution in [3.05, 3.63) is 57.9 Å². The summed E-state index contributed by atoms with van der Waals surface area (Å²) in [4.78, 5) is 4.05. The molecule has 2 aromatic rings. The van der Waals surface area contributed by atoms with Gasteiger partial charge in [-0.05, 0) is 37.2 Å². The molecule has 1 unspecified atom stereocenters. The van der Waals surface area contributed by atoms with Crippen LogP contribution in [-0.2, 0) is 6.42 Å². The van der Waals surface area contributed by atoms with Crippen molar-refractivity contribution in [2.24, 2.45) is 0 Å². The van der Waals surface area contributed by atoms with Crippen LogP contribution in [0.25, 0.3) is 0 Å². The molecule has 0 spiro atoms. The van der Waals surface area contributed by atoms with Gasteiger partial charge in [-0.3, -0.25) is 0 Å². The van der Waals surface area contributed by atoms with Gasteiger partial charge in [0.15, 0.2) is 0 Å². The number of halogens is 2. The van der Waals surface area contributed by atoms with Crippen LogP contribution in [0.5, 0.6) is 0 Å². The molecule has 0 amide bonds. The predicted octanol–water partition coefficient (Wildman–Crippen LogP) is 3.07. The largest absolute Gasteiger partial charge is 0.383 e. The van der Waals surface area contributed by atoms with Crippen LogP contribution in [0.3, 0.4) is 0 Å². The highest BCUT2D eigenvalue weighted by Gasteiger charge is 2.18. The van der Waals surface area contributed by atoms with Crippen molar-refractivity contribution >= 4 is 21.7 Å². The maximum Gasteiger partial charge on any atom is 0.129 e. The highest BCUT2D eigenvalue weighted by atomic mass is 79.9. The third-order valence-corrected chi connectivity index (χ3v) is 3.74. The lowest BCUT2D eigenvalue weighted by atomic mass is 9.99. The summed E-state index contributed by atoms with van der Waals surface area (Å²) in [7, 11) is 1.80. The van der Waals surface area contributed by atoms with E-state index in [9.17, 15) is 4.39 Å². The van der Waals surface area contributed by atoms with Gasteiger partial charge in [0.05, 0.1) is 0 Å². The highest BCUT2D eigenvalue weighted by molar-refractivity contribution is 9.10. The number of likely N-dealkylation sites (N-methyl/N-ethyl adjacent to an activating group) is 1. The standard InChI is InChI=1S/C14H15BrFN3/c1-18-12(8-9-4-3-7-19-14(9)17)13-10(15)5-2-6-11(13)16/h2-7,12,18H,8H2,1H3,(H2,17,19). The van der Waals surface area contributed by atoms with Crippen LogP contribution in [-0.4, -0.2) is 12.0 Å². The van der Waals surface area contributed by atoms with Crippen molar-refractivity contribution in [3.63, 3.8) is 0 Å². The van der Waals surface area contributed by atoms with Crippen molar-refractivity contribution in [1.29, 1.82) is 0 Å². The Kier molecular flexibility index (Phi) is 4.50. The Hall–Kier alpha value is -1.46. The summed E-state index contributed by atoms with van der Waals surface area (Å²) in [6.45, 7) is 0. The monoisotopic (exact) mass is 323 g/mol. The quantitative estimate of drug-likeness (QED) is 0.909. The van der Waals surface area contributed by atoms with E-state index in [0.29, 0.717) is 17.8 Å². The Labute approximate surface area is 120 Å². The zero-order valence-electron chi connectivity index (χ0n) is 10.5. The Morgan fingerprint density at radius 3 is 2.79 bits per heavy atom. The van der Waals surface area contributed by atoms with Crippen LogP contribution in [0, 0.1) is 5.82 Å². The second kappa shape index (κ2) is 6.12. The van der Waals surface area contributed by atoms with E-state index in [1.807, 2.05) is 18.2 Å². The summed E-state index contributed by atoms with van der Waals surface area (Å²) in [5.41, 5.74) is 7.34. The minimum absolute atomic E-state index is 0.165. The number of nitrogens with one attached hydrogen (secondary N) is 1. The van der Waals surface area contributed by atoms with Crippen LogP contribution in [0.15, 0.2) is 41.0 Å². The first-order valence-corrected chi connectivity index (χ1v) is 6.73. The van der Waals surface area contributed by atoms with E-state index in [0.717, 1.165) is 10.0 Å². The topological polar surface area (TPSA) is 50.9 Å². The van der Waals surface area contributed by atoms with Crippen LogP contribution in [0.2, 0.25) is 0 Å². The molecule has 1 aromatic carbocycles. The fraction of sp³-hybridized carbons (Fsp3) is 0.214. The molecule has 0 bridgehead atoms. The Bertz CT molecular complexity index is 554. The van der Waals surface area contributed by atoms with E-state index >= 15 is 0 Å². The van der Waals surface area contributed by atoms with E-state index in [-0.39, 0.29) is 11.9 Å².